The molecule has 2 heterocycles. The average molecular weight is 225 g/mol. The van der Waals surface area contributed by atoms with Gasteiger partial charge < -0.3 is 5.32 Å². The first-order valence-corrected chi connectivity index (χ1v) is 5.97. The molecule has 1 aromatic rings. The zero-order valence-corrected chi connectivity index (χ0v) is 10.0. The van der Waals surface area contributed by atoms with E-state index < -0.39 is 0 Å². The van der Waals surface area contributed by atoms with Crippen LogP contribution in [0.4, 0.5) is 9.93 Å². The van der Waals surface area contributed by atoms with Crippen molar-refractivity contribution in [3.63, 3.8) is 0 Å². The van der Waals surface area contributed by atoms with Crippen LogP contribution in [-0.4, -0.2) is 23.6 Å². The van der Waals surface area contributed by atoms with Crippen LogP contribution in [0.1, 0.15) is 24.4 Å². The fraction of sp³-hybridized carbons (Fsp3) is 0.600. The number of amides is 2. The van der Waals surface area contributed by atoms with Gasteiger partial charge in [-0.1, -0.05) is 6.92 Å². The summed E-state index contributed by atoms with van der Waals surface area (Å²) in [4.78, 5) is 19.0. The number of aromatic nitrogens is 1. The monoisotopic (exact) mass is 225 g/mol. The first-order valence-electron chi connectivity index (χ1n) is 5.16. The maximum absolute atomic E-state index is 11.6. The summed E-state index contributed by atoms with van der Waals surface area (Å²) in [6.45, 7) is 6.82. The SMILES string of the molecule is CCc1sc(N2C[C@H](C)NC2=O)nc1C. The standard InChI is InChI=1S/C10H15N3OS/c1-4-8-7(3)12-10(15-8)13-5-6(2)11-9(13)14/h6H,4-5H2,1-3H3,(H,11,14)/t6-/m0/s1. The molecule has 4 nitrogen and oxygen atoms in total. The molecular weight excluding hydrogens is 210 g/mol. The van der Waals surface area contributed by atoms with Crippen molar-refractivity contribution >= 4 is 22.5 Å². The highest BCUT2D eigenvalue weighted by atomic mass is 32.1. The predicted molar refractivity (Wildman–Crippen MR) is 61.6 cm³/mol. The van der Waals surface area contributed by atoms with E-state index >= 15 is 0 Å². The largest absolute Gasteiger partial charge is 0.333 e. The van der Waals surface area contributed by atoms with E-state index in [1.54, 1.807) is 16.2 Å². The average Bonchev–Trinajstić information content (AvgIpc) is 2.69. The van der Waals surface area contributed by atoms with E-state index in [0.717, 1.165) is 23.8 Å². The molecule has 1 aromatic heterocycles. The second-order valence-electron chi connectivity index (χ2n) is 3.82. The van der Waals surface area contributed by atoms with E-state index in [2.05, 4.69) is 17.2 Å². The van der Waals surface area contributed by atoms with Crippen LogP contribution in [-0.2, 0) is 6.42 Å². The number of carbonyl (C=O) groups excluding carboxylic acids is 1. The zero-order chi connectivity index (χ0) is 11.0. The van der Waals surface area contributed by atoms with Gasteiger partial charge in [0.15, 0.2) is 5.13 Å². The molecule has 15 heavy (non-hydrogen) atoms. The Morgan fingerprint density at radius 3 is 2.87 bits per heavy atom. The minimum atomic E-state index is -0.0288. The highest BCUT2D eigenvalue weighted by Gasteiger charge is 2.29. The third kappa shape index (κ3) is 1.84. The molecule has 1 N–H and O–H groups in total. The number of nitrogens with zero attached hydrogens (tertiary/aromatic N) is 2. The molecule has 0 unspecified atom stereocenters. The third-order valence-electron chi connectivity index (χ3n) is 2.50. The van der Waals surface area contributed by atoms with Gasteiger partial charge in [0, 0.05) is 17.5 Å². The summed E-state index contributed by atoms with van der Waals surface area (Å²) >= 11 is 1.62. The lowest BCUT2D eigenvalue weighted by Gasteiger charge is -2.08. The molecule has 1 atom stereocenters. The summed E-state index contributed by atoms with van der Waals surface area (Å²) in [6, 6.07) is 0.186. The van der Waals surface area contributed by atoms with Crippen molar-refractivity contribution in [3.05, 3.63) is 10.6 Å². The van der Waals surface area contributed by atoms with Crippen molar-refractivity contribution in [3.8, 4) is 0 Å². The van der Waals surface area contributed by atoms with Crippen LogP contribution in [0.15, 0.2) is 0 Å². The van der Waals surface area contributed by atoms with E-state index in [-0.39, 0.29) is 12.1 Å². The summed E-state index contributed by atoms with van der Waals surface area (Å²) in [6.07, 6.45) is 0.981. The Hall–Kier alpha value is -1.10. The lowest BCUT2D eigenvalue weighted by Crippen LogP contribution is -2.27. The van der Waals surface area contributed by atoms with Crippen LogP contribution in [0.25, 0.3) is 0 Å². The third-order valence-corrected chi connectivity index (χ3v) is 3.83. The van der Waals surface area contributed by atoms with Gasteiger partial charge in [-0.15, -0.1) is 11.3 Å². The number of hydrogen-bond acceptors (Lipinski definition) is 3. The van der Waals surface area contributed by atoms with Gasteiger partial charge in [0.25, 0.3) is 0 Å². The molecule has 2 amide bonds. The van der Waals surface area contributed by atoms with Crippen LogP contribution < -0.4 is 10.2 Å². The molecule has 0 radical (unpaired) electrons. The first-order chi connectivity index (χ1) is 7.11. The fourth-order valence-corrected chi connectivity index (χ4v) is 2.72. The summed E-state index contributed by atoms with van der Waals surface area (Å²) in [5.41, 5.74) is 1.05. The molecule has 1 saturated heterocycles. The number of urea groups is 1. The zero-order valence-electron chi connectivity index (χ0n) is 9.20. The van der Waals surface area contributed by atoms with Gasteiger partial charge in [-0.05, 0) is 20.3 Å². The van der Waals surface area contributed by atoms with E-state index in [0.29, 0.717) is 0 Å². The number of hydrogen-bond donors (Lipinski definition) is 1. The lowest BCUT2D eigenvalue weighted by atomic mass is 10.3. The van der Waals surface area contributed by atoms with Crippen molar-refractivity contribution < 1.29 is 4.79 Å². The Kier molecular flexibility index (Phi) is 2.65. The number of nitrogens with one attached hydrogen (secondary N) is 1. The number of rotatable bonds is 2. The Morgan fingerprint density at radius 2 is 2.40 bits per heavy atom. The van der Waals surface area contributed by atoms with Crippen molar-refractivity contribution in [2.24, 2.45) is 0 Å². The number of carbonyl (C=O) groups is 1. The second kappa shape index (κ2) is 3.81. The fourth-order valence-electron chi connectivity index (χ4n) is 1.71. The molecule has 0 saturated carbocycles. The van der Waals surface area contributed by atoms with Crippen molar-refractivity contribution in [1.82, 2.24) is 10.3 Å². The molecule has 82 valence electrons. The van der Waals surface area contributed by atoms with Crippen molar-refractivity contribution in [2.45, 2.75) is 33.2 Å². The van der Waals surface area contributed by atoms with Crippen LogP contribution in [0.2, 0.25) is 0 Å². The maximum Gasteiger partial charge on any atom is 0.324 e. The Labute approximate surface area is 93.3 Å². The van der Waals surface area contributed by atoms with E-state index in [4.69, 9.17) is 0 Å². The lowest BCUT2D eigenvalue weighted by molar-refractivity contribution is 0.251. The molecule has 2 rings (SSSR count). The highest BCUT2D eigenvalue weighted by Crippen LogP contribution is 2.27. The van der Waals surface area contributed by atoms with Gasteiger partial charge >= 0.3 is 6.03 Å². The van der Waals surface area contributed by atoms with Gasteiger partial charge in [-0.25, -0.2) is 9.78 Å². The normalized spacial score (nSPS) is 20.9. The Morgan fingerprint density at radius 1 is 1.67 bits per heavy atom. The Bertz CT molecular complexity index is 388. The van der Waals surface area contributed by atoms with Crippen LogP contribution in [0.5, 0.6) is 0 Å². The summed E-state index contributed by atoms with van der Waals surface area (Å²) in [5.74, 6) is 0. The minimum absolute atomic E-state index is 0.0288. The maximum atomic E-state index is 11.6. The molecule has 5 heteroatoms. The molecule has 0 aliphatic carbocycles. The molecule has 0 spiro atoms. The quantitative estimate of drug-likeness (QED) is 0.836. The van der Waals surface area contributed by atoms with Crippen molar-refractivity contribution in [2.75, 3.05) is 11.4 Å². The molecule has 0 bridgehead atoms. The van der Waals surface area contributed by atoms with Gasteiger partial charge in [-0.2, -0.15) is 0 Å². The van der Waals surface area contributed by atoms with Crippen LogP contribution in [0.3, 0.4) is 0 Å². The van der Waals surface area contributed by atoms with Gasteiger partial charge in [0.2, 0.25) is 0 Å². The number of thiazole rings is 1. The van der Waals surface area contributed by atoms with Crippen LogP contribution in [0, 0.1) is 6.92 Å². The van der Waals surface area contributed by atoms with Gasteiger partial charge in [0.05, 0.1) is 5.69 Å². The number of aryl methyl sites for hydroxylation is 2. The predicted octanol–water partition coefficient (Wildman–Crippen LogP) is 1.93. The van der Waals surface area contributed by atoms with Crippen LogP contribution >= 0.6 is 11.3 Å². The molecular formula is C10H15N3OS. The highest BCUT2D eigenvalue weighted by molar-refractivity contribution is 7.15. The van der Waals surface area contributed by atoms with Crippen molar-refractivity contribution in [1.29, 1.82) is 0 Å². The summed E-state index contributed by atoms with van der Waals surface area (Å²) in [7, 11) is 0. The first kappa shape index (κ1) is 10.4. The topological polar surface area (TPSA) is 45.2 Å². The van der Waals surface area contributed by atoms with E-state index in [1.807, 2.05) is 13.8 Å². The minimum Gasteiger partial charge on any atom is -0.333 e. The summed E-state index contributed by atoms with van der Waals surface area (Å²) in [5, 5.41) is 3.69. The summed E-state index contributed by atoms with van der Waals surface area (Å²) < 4.78 is 0. The smallest absolute Gasteiger partial charge is 0.324 e. The molecule has 1 fully saturated rings. The molecule has 1 aliphatic rings. The van der Waals surface area contributed by atoms with E-state index in [9.17, 15) is 4.79 Å². The Balaban J connectivity index is 2.26. The van der Waals surface area contributed by atoms with E-state index in [1.165, 1.54) is 4.88 Å². The molecule has 1 aliphatic heterocycles. The molecule has 0 aromatic carbocycles. The second-order valence-corrected chi connectivity index (χ2v) is 4.88. The number of anilines is 1. The van der Waals surface area contributed by atoms with Gasteiger partial charge in [0.1, 0.15) is 0 Å². The van der Waals surface area contributed by atoms with Gasteiger partial charge in [-0.3, -0.25) is 4.90 Å².